The molecule has 0 saturated carbocycles. The Hall–Kier alpha value is -0.560. The minimum Gasteiger partial charge on any atom is -0.216 e. The van der Waals surface area contributed by atoms with Crippen LogP contribution in [0.25, 0.3) is 0 Å². The fourth-order valence-electron chi connectivity index (χ4n) is 1.90. The molecule has 1 atom stereocenters. The number of nitrogens with two attached hydrogens (primary N) is 1. The second kappa shape index (κ2) is 5.39. The lowest BCUT2D eigenvalue weighted by molar-refractivity contribution is 0.467. The quantitative estimate of drug-likeness (QED) is 0.840. The molecule has 0 spiro atoms. The molecule has 0 amide bonds. The van der Waals surface area contributed by atoms with Crippen LogP contribution >= 0.6 is 11.8 Å². The van der Waals surface area contributed by atoms with Gasteiger partial charge in [-0.15, -0.1) is 11.8 Å². The summed E-state index contributed by atoms with van der Waals surface area (Å²) in [4.78, 5) is 1.22. The Labute approximate surface area is 106 Å². The maximum atomic E-state index is 11.2. The Kier molecular flexibility index (Phi) is 4.09. The summed E-state index contributed by atoms with van der Waals surface area (Å²) in [6.07, 6.45) is 0.899. The van der Waals surface area contributed by atoms with E-state index in [1.165, 1.54) is 9.20 Å². The highest BCUT2D eigenvalue weighted by Gasteiger charge is 2.28. The highest BCUT2D eigenvalue weighted by Crippen LogP contribution is 2.26. The first-order valence-corrected chi connectivity index (χ1v) is 8.00. The summed E-state index contributed by atoms with van der Waals surface area (Å²) in [6.45, 7) is 1.11. The molecule has 1 heterocycles. The monoisotopic (exact) mass is 272 g/mol. The van der Waals surface area contributed by atoms with Gasteiger partial charge in [-0.2, -0.15) is 12.7 Å². The largest absolute Gasteiger partial charge is 0.276 e. The van der Waals surface area contributed by atoms with E-state index in [1.807, 2.05) is 18.2 Å². The van der Waals surface area contributed by atoms with Gasteiger partial charge in [0.15, 0.2) is 0 Å². The zero-order valence-corrected chi connectivity index (χ0v) is 11.1. The molecule has 4 nitrogen and oxygen atoms in total. The van der Waals surface area contributed by atoms with Crippen molar-refractivity contribution in [3.8, 4) is 0 Å². The van der Waals surface area contributed by atoms with Crippen molar-refractivity contribution >= 4 is 22.0 Å². The van der Waals surface area contributed by atoms with Crippen LogP contribution in [0.4, 0.5) is 0 Å². The zero-order chi connectivity index (χ0) is 12.3. The fraction of sp³-hybridized carbons (Fsp3) is 0.455. The predicted octanol–water partition coefficient (Wildman–Crippen LogP) is 1.30. The van der Waals surface area contributed by atoms with Gasteiger partial charge in [-0.25, -0.2) is 5.14 Å². The van der Waals surface area contributed by atoms with Gasteiger partial charge in [0, 0.05) is 23.7 Å². The first-order chi connectivity index (χ1) is 8.05. The molecule has 0 aromatic heterocycles. The van der Waals surface area contributed by atoms with Crippen LogP contribution in [0.5, 0.6) is 0 Å². The van der Waals surface area contributed by atoms with Crippen molar-refractivity contribution in [2.24, 2.45) is 11.1 Å². The Bertz CT molecular complexity index is 462. The van der Waals surface area contributed by atoms with Gasteiger partial charge in [0.2, 0.25) is 0 Å². The van der Waals surface area contributed by atoms with Crippen LogP contribution in [0.15, 0.2) is 35.2 Å². The van der Waals surface area contributed by atoms with Crippen molar-refractivity contribution in [3.63, 3.8) is 0 Å². The van der Waals surface area contributed by atoms with E-state index in [2.05, 4.69) is 12.1 Å². The van der Waals surface area contributed by atoms with Gasteiger partial charge in [-0.05, 0) is 24.5 Å². The normalized spacial score (nSPS) is 21.8. The van der Waals surface area contributed by atoms with Crippen LogP contribution in [0.2, 0.25) is 0 Å². The molecule has 1 fully saturated rings. The molecule has 1 aromatic rings. The summed E-state index contributed by atoms with van der Waals surface area (Å²) < 4.78 is 23.7. The van der Waals surface area contributed by atoms with Crippen molar-refractivity contribution in [1.29, 1.82) is 0 Å². The standard InChI is InChI=1S/C11H16N2O2S2/c12-17(14,15)13-7-6-10(8-13)9-16-11-4-2-1-3-5-11/h1-5,10H,6-9H2,(H2,12,14,15)/t10-/m1/s1. The molecule has 0 bridgehead atoms. The molecule has 0 radical (unpaired) electrons. The molecule has 94 valence electrons. The molecule has 0 aliphatic carbocycles. The van der Waals surface area contributed by atoms with Crippen LogP contribution in [0.1, 0.15) is 6.42 Å². The highest BCUT2D eigenvalue weighted by molar-refractivity contribution is 7.99. The molecule has 6 heteroatoms. The lowest BCUT2D eigenvalue weighted by Gasteiger charge is -2.12. The number of hydrogen-bond acceptors (Lipinski definition) is 3. The Morgan fingerprint density at radius 3 is 2.65 bits per heavy atom. The molecule has 1 saturated heterocycles. The molecular formula is C11H16N2O2S2. The SMILES string of the molecule is NS(=O)(=O)N1CC[C@@H](CSc2ccccc2)C1. The number of hydrogen-bond donors (Lipinski definition) is 1. The lowest BCUT2D eigenvalue weighted by atomic mass is 10.2. The van der Waals surface area contributed by atoms with E-state index in [9.17, 15) is 8.42 Å². The van der Waals surface area contributed by atoms with Gasteiger partial charge in [0.25, 0.3) is 10.2 Å². The van der Waals surface area contributed by atoms with Gasteiger partial charge in [0.1, 0.15) is 0 Å². The van der Waals surface area contributed by atoms with E-state index in [0.717, 1.165) is 12.2 Å². The van der Waals surface area contributed by atoms with Crippen molar-refractivity contribution in [3.05, 3.63) is 30.3 Å². The Morgan fingerprint density at radius 2 is 2.06 bits per heavy atom. The molecule has 2 N–H and O–H groups in total. The summed E-state index contributed by atoms with van der Waals surface area (Å²) in [5.41, 5.74) is 0. The maximum Gasteiger partial charge on any atom is 0.276 e. The summed E-state index contributed by atoms with van der Waals surface area (Å²) in [7, 11) is -3.49. The average molecular weight is 272 g/mol. The molecule has 2 rings (SSSR count). The van der Waals surface area contributed by atoms with E-state index in [-0.39, 0.29) is 0 Å². The molecule has 1 aromatic carbocycles. The topological polar surface area (TPSA) is 63.4 Å². The van der Waals surface area contributed by atoms with E-state index in [4.69, 9.17) is 5.14 Å². The molecular weight excluding hydrogens is 256 g/mol. The third kappa shape index (κ3) is 3.70. The average Bonchev–Trinajstić information content (AvgIpc) is 2.76. The third-order valence-corrected chi connectivity index (χ3v) is 5.13. The van der Waals surface area contributed by atoms with Gasteiger partial charge in [-0.1, -0.05) is 18.2 Å². The van der Waals surface area contributed by atoms with Gasteiger partial charge < -0.3 is 0 Å². The number of rotatable bonds is 4. The van der Waals surface area contributed by atoms with E-state index >= 15 is 0 Å². The summed E-state index contributed by atoms with van der Waals surface area (Å²) in [5, 5.41) is 5.10. The number of nitrogens with zero attached hydrogens (tertiary/aromatic N) is 1. The maximum absolute atomic E-state index is 11.2. The fourth-order valence-corrected chi connectivity index (χ4v) is 3.72. The molecule has 1 aliphatic heterocycles. The van der Waals surface area contributed by atoms with Crippen LogP contribution in [0.3, 0.4) is 0 Å². The summed E-state index contributed by atoms with van der Waals surface area (Å²) in [6, 6.07) is 10.1. The van der Waals surface area contributed by atoms with Gasteiger partial charge in [-0.3, -0.25) is 0 Å². The lowest BCUT2D eigenvalue weighted by Crippen LogP contribution is -2.34. The molecule has 0 unspecified atom stereocenters. The number of benzene rings is 1. The minimum absolute atomic E-state index is 0.401. The number of thioether (sulfide) groups is 1. The second-order valence-corrected chi connectivity index (χ2v) is 6.82. The highest BCUT2D eigenvalue weighted by atomic mass is 32.2. The van der Waals surface area contributed by atoms with Gasteiger partial charge in [0.05, 0.1) is 0 Å². The molecule has 17 heavy (non-hydrogen) atoms. The van der Waals surface area contributed by atoms with Crippen LogP contribution < -0.4 is 5.14 Å². The van der Waals surface area contributed by atoms with Crippen molar-refractivity contribution in [1.82, 2.24) is 4.31 Å². The predicted molar refractivity (Wildman–Crippen MR) is 70.0 cm³/mol. The smallest absolute Gasteiger partial charge is 0.216 e. The molecule has 1 aliphatic rings. The van der Waals surface area contributed by atoms with Crippen molar-refractivity contribution in [2.75, 3.05) is 18.8 Å². The van der Waals surface area contributed by atoms with E-state index in [0.29, 0.717) is 19.0 Å². The van der Waals surface area contributed by atoms with Crippen LogP contribution in [0, 0.1) is 5.92 Å². The second-order valence-electron chi connectivity index (χ2n) is 4.18. The third-order valence-electron chi connectivity index (χ3n) is 2.84. The summed E-state index contributed by atoms with van der Waals surface area (Å²) >= 11 is 1.77. The first-order valence-electron chi connectivity index (χ1n) is 5.51. The van der Waals surface area contributed by atoms with Crippen LogP contribution in [-0.4, -0.2) is 31.6 Å². The Morgan fingerprint density at radius 1 is 1.35 bits per heavy atom. The van der Waals surface area contributed by atoms with Crippen molar-refractivity contribution in [2.45, 2.75) is 11.3 Å². The summed E-state index contributed by atoms with van der Waals surface area (Å²) in [5.74, 6) is 1.34. The Balaban J connectivity index is 1.83. The minimum atomic E-state index is -3.49. The first kappa shape index (κ1) is 12.9. The van der Waals surface area contributed by atoms with Crippen LogP contribution in [-0.2, 0) is 10.2 Å². The van der Waals surface area contributed by atoms with E-state index < -0.39 is 10.2 Å². The van der Waals surface area contributed by atoms with Crippen molar-refractivity contribution < 1.29 is 8.42 Å². The van der Waals surface area contributed by atoms with E-state index in [1.54, 1.807) is 11.8 Å². The zero-order valence-electron chi connectivity index (χ0n) is 9.45. The van der Waals surface area contributed by atoms with Gasteiger partial charge >= 0.3 is 0 Å².